The number of amides is 1. The van der Waals surface area contributed by atoms with E-state index >= 15 is 0 Å². The number of rotatable bonds is 5. The number of hydrogen-bond donors (Lipinski definition) is 2. The van der Waals surface area contributed by atoms with Crippen molar-refractivity contribution in [2.24, 2.45) is 5.73 Å². The van der Waals surface area contributed by atoms with Crippen molar-refractivity contribution in [2.45, 2.75) is 42.7 Å². The van der Waals surface area contributed by atoms with Crippen molar-refractivity contribution in [3.63, 3.8) is 0 Å². The van der Waals surface area contributed by atoms with Gasteiger partial charge in [0.2, 0.25) is 10.0 Å². The Hall–Kier alpha value is -1.44. The minimum atomic E-state index is -3.54. The topological polar surface area (TPSA) is 92.5 Å². The predicted molar refractivity (Wildman–Crippen MR) is 82.9 cm³/mol. The summed E-state index contributed by atoms with van der Waals surface area (Å²) in [5, 5.41) is 0. The van der Waals surface area contributed by atoms with Crippen LogP contribution in [0.5, 0.6) is 0 Å². The highest BCUT2D eigenvalue weighted by atomic mass is 32.2. The molecule has 0 radical (unpaired) electrons. The van der Waals surface area contributed by atoms with Crippen LogP contribution in [0, 0.1) is 0 Å². The zero-order valence-corrected chi connectivity index (χ0v) is 13.2. The summed E-state index contributed by atoms with van der Waals surface area (Å²) in [4.78, 5) is 14.5. The first-order valence-corrected chi connectivity index (χ1v) is 9.13. The van der Waals surface area contributed by atoms with E-state index in [0.717, 1.165) is 25.7 Å². The van der Waals surface area contributed by atoms with Crippen LogP contribution in [0.15, 0.2) is 29.2 Å². The Labute approximate surface area is 130 Å². The molecule has 22 heavy (non-hydrogen) atoms. The van der Waals surface area contributed by atoms with Gasteiger partial charge in [0, 0.05) is 30.7 Å². The summed E-state index contributed by atoms with van der Waals surface area (Å²) in [6, 6.07) is 6.35. The number of carbonyl (C=O) groups excluding carboxylic acids is 1. The first-order valence-electron chi connectivity index (χ1n) is 7.65. The molecular formula is C15H21N3O3S. The number of benzene rings is 1. The maximum absolute atomic E-state index is 12.6. The van der Waals surface area contributed by atoms with E-state index in [4.69, 9.17) is 5.73 Å². The van der Waals surface area contributed by atoms with Crippen LogP contribution in [0.3, 0.4) is 0 Å². The number of carbonyl (C=O) groups is 1. The fraction of sp³-hybridized carbons (Fsp3) is 0.533. The van der Waals surface area contributed by atoms with Gasteiger partial charge < -0.3 is 10.6 Å². The molecule has 2 aliphatic rings. The lowest BCUT2D eigenvalue weighted by Crippen LogP contribution is -2.40. The highest BCUT2D eigenvalue weighted by Gasteiger charge is 2.30. The molecule has 0 bridgehead atoms. The van der Waals surface area contributed by atoms with Crippen molar-refractivity contribution in [2.75, 3.05) is 13.1 Å². The Balaban J connectivity index is 1.82. The largest absolute Gasteiger partial charge is 0.334 e. The van der Waals surface area contributed by atoms with Crippen LogP contribution in [-0.2, 0) is 10.0 Å². The minimum Gasteiger partial charge on any atom is -0.334 e. The van der Waals surface area contributed by atoms with E-state index in [1.165, 1.54) is 12.1 Å². The lowest BCUT2D eigenvalue weighted by molar-refractivity contribution is 0.0741. The Bertz CT molecular complexity index is 670. The molecule has 0 aromatic heterocycles. The van der Waals surface area contributed by atoms with E-state index in [0.29, 0.717) is 18.7 Å². The zero-order valence-electron chi connectivity index (χ0n) is 12.4. The Kier molecular flexibility index (Phi) is 4.20. The lowest BCUT2D eigenvalue weighted by Gasteiger charge is -2.23. The Morgan fingerprint density at radius 3 is 2.77 bits per heavy atom. The molecule has 1 aliphatic heterocycles. The summed E-state index contributed by atoms with van der Waals surface area (Å²) in [5.41, 5.74) is 6.10. The van der Waals surface area contributed by atoms with Crippen LogP contribution in [0.1, 0.15) is 36.0 Å². The van der Waals surface area contributed by atoms with Gasteiger partial charge in [-0.25, -0.2) is 13.1 Å². The average molecular weight is 323 g/mol. The van der Waals surface area contributed by atoms with Gasteiger partial charge in [-0.1, -0.05) is 6.07 Å². The predicted octanol–water partition coefficient (Wildman–Crippen LogP) is 0.691. The average Bonchev–Trinajstić information content (AvgIpc) is 3.18. The molecule has 3 rings (SSSR count). The van der Waals surface area contributed by atoms with E-state index in [1.807, 2.05) is 0 Å². The lowest BCUT2D eigenvalue weighted by atomic mass is 10.1. The highest BCUT2D eigenvalue weighted by molar-refractivity contribution is 7.89. The van der Waals surface area contributed by atoms with Crippen molar-refractivity contribution < 1.29 is 13.2 Å². The molecule has 120 valence electrons. The quantitative estimate of drug-likeness (QED) is 0.834. The van der Waals surface area contributed by atoms with Crippen LogP contribution in [0.2, 0.25) is 0 Å². The molecular weight excluding hydrogens is 302 g/mol. The molecule has 1 aromatic rings. The third-order valence-electron chi connectivity index (χ3n) is 4.20. The molecule has 1 aliphatic carbocycles. The van der Waals surface area contributed by atoms with Gasteiger partial charge in [0.05, 0.1) is 4.90 Å². The zero-order chi connectivity index (χ0) is 15.7. The Morgan fingerprint density at radius 2 is 2.09 bits per heavy atom. The second-order valence-electron chi connectivity index (χ2n) is 5.95. The molecule has 3 N–H and O–H groups in total. The van der Waals surface area contributed by atoms with Gasteiger partial charge in [-0.15, -0.1) is 0 Å². The van der Waals surface area contributed by atoms with Gasteiger partial charge in [0.25, 0.3) is 5.91 Å². The maximum atomic E-state index is 12.6. The summed E-state index contributed by atoms with van der Waals surface area (Å²) < 4.78 is 27.1. The minimum absolute atomic E-state index is 0.0459. The molecule has 1 atom stereocenters. The molecule has 0 spiro atoms. The number of nitrogens with one attached hydrogen (secondary N) is 1. The number of likely N-dealkylation sites (tertiary alicyclic amines) is 1. The van der Waals surface area contributed by atoms with Gasteiger partial charge in [-0.05, 0) is 43.9 Å². The first kappa shape index (κ1) is 15.5. The summed E-state index contributed by atoms with van der Waals surface area (Å²) >= 11 is 0. The first-order chi connectivity index (χ1) is 10.5. The van der Waals surface area contributed by atoms with Gasteiger partial charge in [0.15, 0.2) is 0 Å². The number of sulfonamides is 1. The van der Waals surface area contributed by atoms with Crippen molar-refractivity contribution >= 4 is 15.9 Å². The molecule has 1 saturated heterocycles. The number of nitrogens with two attached hydrogens (primary N) is 1. The fourth-order valence-electron chi connectivity index (χ4n) is 2.80. The summed E-state index contributed by atoms with van der Waals surface area (Å²) in [5.74, 6) is -0.142. The van der Waals surface area contributed by atoms with E-state index in [9.17, 15) is 13.2 Å². The van der Waals surface area contributed by atoms with Crippen molar-refractivity contribution in [3.05, 3.63) is 29.8 Å². The van der Waals surface area contributed by atoms with Gasteiger partial charge >= 0.3 is 0 Å². The number of hydrogen-bond acceptors (Lipinski definition) is 4. The molecule has 1 unspecified atom stereocenters. The SMILES string of the molecule is NCC1CCCN1C(=O)c1cccc(S(=O)(=O)NC2CC2)c1. The van der Waals surface area contributed by atoms with Crippen LogP contribution in [0.4, 0.5) is 0 Å². The monoisotopic (exact) mass is 323 g/mol. The molecule has 2 fully saturated rings. The third-order valence-corrected chi connectivity index (χ3v) is 5.72. The van der Waals surface area contributed by atoms with E-state index < -0.39 is 10.0 Å². The van der Waals surface area contributed by atoms with Crippen molar-refractivity contribution in [3.8, 4) is 0 Å². The highest BCUT2D eigenvalue weighted by Crippen LogP contribution is 2.24. The fourth-order valence-corrected chi connectivity index (χ4v) is 4.15. The second kappa shape index (κ2) is 5.98. The molecule has 1 amide bonds. The van der Waals surface area contributed by atoms with Crippen LogP contribution in [-0.4, -0.2) is 44.4 Å². The summed E-state index contributed by atoms with van der Waals surface area (Å²) in [7, 11) is -3.54. The van der Waals surface area contributed by atoms with Gasteiger partial charge in [0.1, 0.15) is 0 Å². The molecule has 1 saturated carbocycles. The standard InChI is InChI=1S/C15H21N3O3S/c16-10-13-4-2-8-18(13)15(19)11-3-1-5-14(9-11)22(20,21)17-12-6-7-12/h1,3,5,9,12-13,17H,2,4,6-8,10,16H2. The third kappa shape index (κ3) is 3.16. The number of nitrogens with zero attached hydrogens (tertiary/aromatic N) is 1. The molecule has 1 aromatic carbocycles. The summed E-state index contributed by atoms with van der Waals surface area (Å²) in [6.45, 7) is 1.12. The van der Waals surface area contributed by atoms with Crippen molar-refractivity contribution in [1.82, 2.24) is 9.62 Å². The van der Waals surface area contributed by atoms with Gasteiger partial charge in [-0.3, -0.25) is 4.79 Å². The van der Waals surface area contributed by atoms with Gasteiger partial charge in [-0.2, -0.15) is 0 Å². The van der Waals surface area contributed by atoms with Crippen molar-refractivity contribution in [1.29, 1.82) is 0 Å². The molecule has 1 heterocycles. The van der Waals surface area contributed by atoms with Crippen LogP contribution in [0.25, 0.3) is 0 Å². The smallest absolute Gasteiger partial charge is 0.254 e. The van der Waals surface area contributed by atoms with E-state index in [1.54, 1.807) is 17.0 Å². The summed E-state index contributed by atoms with van der Waals surface area (Å²) in [6.07, 6.45) is 3.60. The van der Waals surface area contributed by atoms with Crippen LogP contribution >= 0.6 is 0 Å². The van der Waals surface area contributed by atoms with E-state index in [-0.39, 0.29) is 22.9 Å². The van der Waals surface area contributed by atoms with Crippen LogP contribution < -0.4 is 10.5 Å². The molecule has 7 heteroatoms. The second-order valence-corrected chi connectivity index (χ2v) is 7.67. The Morgan fingerprint density at radius 1 is 1.32 bits per heavy atom. The molecule has 6 nitrogen and oxygen atoms in total. The normalized spacial score (nSPS) is 22.0. The van der Waals surface area contributed by atoms with E-state index in [2.05, 4.69) is 4.72 Å². The maximum Gasteiger partial charge on any atom is 0.254 e.